The number of methoxy groups -OCH3 is 1. The predicted octanol–water partition coefficient (Wildman–Crippen LogP) is 6.21. The third-order valence-electron chi connectivity index (χ3n) is 8.92. The summed E-state index contributed by atoms with van der Waals surface area (Å²) in [6.07, 6.45) is 8.27. The molecule has 2 fully saturated rings. The van der Waals surface area contributed by atoms with Gasteiger partial charge in [0.2, 0.25) is 11.8 Å². The van der Waals surface area contributed by atoms with Gasteiger partial charge in [0.1, 0.15) is 28.5 Å². The van der Waals surface area contributed by atoms with Gasteiger partial charge in [-0.15, -0.1) is 11.3 Å². The van der Waals surface area contributed by atoms with Gasteiger partial charge in [-0.05, 0) is 50.7 Å². The van der Waals surface area contributed by atoms with Gasteiger partial charge in [0, 0.05) is 5.56 Å². The van der Waals surface area contributed by atoms with Crippen LogP contribution in [0.1, 0.15) is 79.0 Å². The molecular weight excluding hydrogens is 544 g/mol. The number of hydrogen-bond donors (Lipinski definition) is 1. The number of ether oxygens (including phenoxy) is 2. The Labute approximate surface area is 242 Å². The van der Waals surface area contributed by atoms with E-state index in [4.69, 9.17) is 13.9 Å². The van der Waals surface area contributed by atoms with E-state index in [-0.39, 0.29) is 43.6 Å². The molecule has 2 saturated carbocycles. The first kappa shape index (κ1) is 27.7. The number of aliphatic carboxylic acids is 1. The predicted molar refractivity (Wildman–Crippen MR) is 152 cm³/mol. The van der Waals surface area contributed by atoms with E-state index >= 15 is 0 Å². The fourth-order valence-corrected chi connectivity index (χ4v) is 8.00. The highest BCUT2D eigenvalue weighted by atomic mass is 32.1. The molecule has 216 valence electrons. The molecule has 1 aromatic carbocycles. The summed E-state index contributed by atoms with van der Waals surface area (Å²) in [6.45, 7) is 2.01. The van der Waals surface area contributed by atoms with E-state index in [0.717, 1.165) is 31.2 Å². The van der Waals surface area contributed by atoms with Crippen LogP contribution in [0.3, 0.4) is 0 Å². The van der Waals surface area contributed by atoms with Gasteiger partial charge in [0.05, 0.1) is 42.3 Å². The van der Waals surface area contributed by atoms with E-state index in [1.165, 1.54) is 24.0 Å². The van der Waals surface area contributed by atoms with E-state index in [0.29, 0.717) is 32.6 Å². The van der Waals surface area contributed by atoms with Gasteiger partial charge < -0.3 is 19.0 Å². The lowest BCUT2D eigenvalue weighted by molar-refractivity contribution is -0.141. The molecule has 0 saturated heterocycles. The number of carbonyl (C=O) groups excluding carboxylic acids is 2. The van der Waals surface area contributed by atoms with Gasteiger partial charge >= 0.3 is 5.97 Å². The van der Waals surface area contributed by atoms with Crippen LogP contribution >= 0.6 is 11.3 Å². The zero-order valence-electron chi connectivity index (χ0n) is 23.3. The number of carboxylic acid groups (broad SMARTS) is 1. The van der Waals surface area contributed by atoms with E-state index in [1.54, 1.807) is 18.2 Å². The molecule has 2 aliphatic carbocycles. The number of oxazole rings is 1. The molecule has 6 rings (SSSR count). The standard InChI is InChI=1S/C31H34N2O7S/c1-18-24-26(34)31(13-12-19(16-31)29(35)36)30(37)33(28(24)41-25(18)27-32-14-15-39-27)17-23(40-20-8-4-3-5-9-20)21-10-6-7-11-22(21)38-2/h6-7,10-11,14-15,19-20,23H,3-5,8-9,12-13,16-17H2,1-2H3,(H,35,36). The number of aromatic nitrogens is 1. The Balaban J connectivity index is 1.46. The minimum atomic E-state index is -1.42. The summed E-state index contributed by atoms with van der Waals surface area (Å²) in [7, 11) is 1.62. The van der Waals surface area contributed by atoms with Crippen molar-refractivity contribution in [1.82, 2.24) is 4.98 Å². The molecule has 1 N–H and O–H groups in total. The minimum absolute atomic E-state index is 0.0115. The summed E-state index contributed by atoms with van der Waals surface area (Å²) in [5, 5.41) is 10.3. The van der Waals surface area contributed by atoms with Gasteiger partial charge in [0.15, 0.2) is 5.78 Å². The average Bonchev–Trinajstić information content (AvgIpc) is 3.74. The Morgan fingerprint density at radius 3 is 2.68 bits per heavy atom. The van der Waals surface area contributed by atoms with Gasteiger partial charge in [0.25, 0.3) is 0 Å². The molecular formula is C31H34N2O7S. The first-order valence-corrected chi connectivity index (χ1v) is 15.1. The third kappa shape index (κ3) is 4.76. The molecule has 10 heteroatoms. The summed E-state index contributed by atoms with van der Waals surface area (Å²) >= 11 is 1.30. The van der Waals surface area contributed by atoms with Gasteiger partial charge in [-0.1, -0.05) is 37.5 Å². The van der Waals surface area contributed by atoms with Crippen molar-refractivity contribution in [3.63, 3.8) is 0 Å². The Kier molecular flexibility index (Phi) is 7.46. The summed E-state index contributed by atoms with van der Waals surface area (Å²) in [6, 6.07) is 7.66. The Morgan fingerprint density at radius 2 is 2.00 bits per heavy atom. The van der Waals surface area contributed by atoms with Crippen molar-refractivity contribution in [3.05, 3.63) is 53.4 Å². The molecule has 0 bridgehead atoms. The Bertz CT molecular complexity index is 1460. The number of rotatable bonds is 8. The second kappa shape index (κ2) is 11.1. The molecule has 3 aliphatic rings. The van der Waals surface area contributed by atoms with Crippen molar-refractivity contribution in [2.24, 2.45) is 11.3 Å². The molecule has 41 heavy (non-hydrogen) atoms. The number of hydrogen-bond acceptors (Lipinski definition) is 8. The van der Waals surface area contributed by atoms with E-state index in [1.807, 2.05) is 31.2 Å². The molecule has 3 atom stereocenters. The molecule has 3 aromatic rings. The molecule has 1 amide bonds. The monoisotopic (exact) mass is 578 g/mol. The van der Waals surface area contributed by atoms with Gasteiger partial charge in [-0.25, -0.2) is 4.98 Å². The number of benzene rings is 1. The number of ketones is 1. The quantitative estimate of drug-likeness (QED) is 0.313. The van der Waals surface area contributed by atoms with E-state index in [2.05, 4.69) is 4.98 Å². The average molecular weight is 579 g/mol. The highest BCUT2D eigenvalue weighted by Gasteiger charge is 2.59. The first-order chi connectivity index (χ1) is 19.8. The van der Waals surface area contributed by atoms with Gasteiger partial charge in [-0.3, -0.25) is 19.3 Å². The second-order valence-electron chi connectivity index (χ2n) is 11.3. The van der Waals surface area contributed by atoms with Crippen molar-refractivity contribution in [2.75, 3.05) is 18.6 Å². The molecule has 0 radical (unpaired) electrons. The third-order valence-corrected chi connectivity index (χ3v) is 10.2. The van der Waals surface area contributed by atoms with Crippen LogP contribution in [0.5, 0.6) is 5.75 Å². The summed E-state index contributed by atoms with van der Waals surface area (Å²) in [4.78, 5) is 47.3. The van der Waals surface area contributed by atoms with Crippen LogP contribution in [-0.4, -0.2) is 47.5 Å². The minimum Gasteiger partial charge on any atom is -0.496 e. The summed E-state index contributed by atoms with van der Waals surface area (Å²) in [5.74, 6) is -1.34. The number of carbonyl (C=O) groups is 3. The maximum Gasteiger partial charge on any atom is 0.306 e. The van der Waals surface area contributed by atoms with E-state index < -0.39 is 23.4 Å². The molecule has 1 aliphatic heterocycles. The Hall–Kier alpha value is -3.50. The van der Waals surface area contributed by atoms with Gasteiger partial charge in [-0.2, -0.15) is 0 Å². The molecule has 3 heterocycles. The van der Waals surface area contributed by atoms with Crippen LogP contribution in [0.25, 0.3) is 10.8 Å². The van der Waals surface area contributed by atoms with Crippen LogP contribution in [0.4, 0.5) is 5.00 Å². The maximum absolute atomic E-state index is 14.5. The fraction of sp³-hybridized carbons (Fsp3) is 0.484. The SMILES string of the molecule is COc1ccccc1C(CN1C(=O)C2(CCC(C(=O)O)C2)C(=O)c2c1sc(-c1ncco1)c2C)OC1CCCCC1. The van der Waals surface area contributed by atoms with Crippen molar-refractivity contribution >= 4 is 34.0 Å². The lowest BCUT2D eigenvalue weighted by Gasteiger charge is -2.40. The number of amides is 1. The molecule has 3 unspecified atom stereocenters. The topological polar surface area (TPSA) is 119 Å². The highest BCUT2D eigenvalue weighted by molar-refractivity contribution is 7.20. The van der Waals surface area contributed by atoms with Crippen LogP contribution in [0.15, 0.2) is 41.1 Å². The van der Waals surface area contributed by atoms with Crippen molar-refractivity contribution in [3.8, 4) is 16.5 Å². The number of nitrogens with zero attached hydrogens (tertiary/aromatic N) is 2. The maximum atomic E-state index is 14.5. The Morgan fingerprint density at radius 1 is 1.22 bits per heavy atom. The van der Waals surface area contributed by atoms with Crippen molar-refractivity contribution < 1.29 is 33.4 Å². The number of anilines is 1. The van der Waals surface area contributed by atoms with Crippen LogP contribution < -0.4 is 9.64 Å². The summed E-state index contributed by atoms with van der Waals surface area (Å²) in [5.41, 5.74) is 0.545. The number of thiophene rings is 1. The number of fused-ring (bicyclic) bond motifs is 1. The first-order valence-electron chi connectivity index (χ1n) is 14.2. The van der Waals surface area contributed by atoms with Crippen LogP contribution in [0, 0.1) is 18.3 Å². The number of para-hydroxylation sites is 1. The molecule has 1 spiro atoms. The van der Waals surface area contributed by atoms with Crippen molar-refractivity contribution in [2.45, 2.75) is 70.5 Å². The number of carboxylic acids is 1. The largest absolute Gasteiger partial charge is 0.496 e. The smallest absolute Gasteiger partial charge is 0.306 e. The molecule has 2 aromatic heterocycles. The summed E-state index contributed by atoms with van der Waals surface area (Å²) < 4.78 is 18.0. The van der Waals surface area contributed by atoms with Crippen LogP contribution in [0.2, 0.25) is 0 Å². The number of Topliss-reactive ketones (excluding diaryl/α,β-unsaturated/α-hetero) is 1. The second-order valence-corrected chi connectivity index (χ2v) is 12.3. The van der Waals surface area contributed by atoms with Crippen LogP contribution in [-0.2, 0) is 14.3 Å². The highest BCUT2D eigenvalue weighted by Crippen LogP contribution is 2.55. The zero-order valence-corrected chi connectivity index (χ0v) is 24.1. The van der Waals surface area contributed by atoms with Crippen molar-refractivity contribution in [1.29, 1.82) is 0 Å². The fourth-order valence-electron chi connectivity index (χ4n) is 6.75. The lowest BCUT2D eigenvalue weighted by atomic mass is 9.74. The molecule has 9 nitrogen and oxygen atoms in total. The zero-order chi connectivity index (χ0) is 28.7. The lowest BCUT2D eigenvalue weighted by Crippen LogP contribution is -2.53. The van der Waals surface area contributed by atoms with E-state index in [9.17, 15) is 19.5 Å². The normalized spacial score (nSPS) is 23.7.